The lowest BCUT2D eigenvalue weighted by Gasteiger charge is -2.06. The van der Waals surface area contributed by atoms with Crippen molar-refractivity contribution in [2.24, 2.45) is 0 Å². The average Bonchev–Trinajstić information content (AvgIpc) is 2.80. The van der Waals surface area contributed by atoms with Gasteiger partial charge in [-0.3, -0.25) is 0 Å². The Morgan fingerprint density at radius 2 is 2.19 bits per heavy atom. The van der Waals surface area contributed by atoms with Gasteiger partial charge in [-0.15, -0.1) is 0 Å². The normalized spacial score (nSPS) is 14.1. The average molecular weight is 271 g/mol. The zero-order valence-electron chi connectivity index (χ0n) is 8.28. The van der Waals surface area contributed by atoms with Gasteiger partial charge in [-0.05, 0) is 18.2 Å². The van der Waals surface area contributed by atoms with Crippen LogP contribution in [0, 0.1) is 0 Å². The standard InChI is InChI=1S/C11H8Cl2N2S/c12-7-1-2-8(9(13)5-7)10-6-14-11-15(10)3-4-16-11/h1-2,5-6H,3-4H2. The van der Waals surface area contributed by atoms with Crippen molar-refractivity contribution in [3.8, 4) is 11.3 Å². The van der Waals surface area contributed by atoms with Gasteiger partial charge >= 0.3 is 0 Å². The lowest BCUT2D eigenvalue weighted by molar-refractivity contribution is 0.726. The number of aromatic nitrogens is 2. The third-order valence-electron chi connectivity index (χ3n) is 2.57. The largest absolute Gasteiger partial charge is 0.318 e. The Morgan fingerprint density at radius 3 is 3.00 bits per heavy atom. The second kappa shape index (κ2) is 3.99. The number of hydrogen-bond donors (Lipinski definition) is 0. The topological polar surface area (TPSA) is 17.8 Å². The fourth-order valence-corrected chi connectivity index (χ4v) is 3.26. The van der Waals surface area contributed by atoms with E-state index in [2.05, 4.69) is 9.55 Å². The number of fused-ring (bicyclic) bond motifs is 1. The fourth-order valence-electron chi connectivity index (χ4n) is 1.83. The van der Waals surface area contributed by atoms with Crippen LogP contribution in [0.25, 0.3) is 11.3 Å². The number of hydrogen-bond acceptors (Lipinski definition) is 2. The molecule has 0 saturated carbocycles. The summed E-state index contributed by atoms with van der Waals surface area (Å²) in [7, 11) is 0. The second-order valence-electron chi connectivity index (χ2n) is 3.55. The Bertz CT molecular complexity index is 551. The van der Waals surface area contributed by atoms with Gasteiger partial charge in [0.25, 0.3) is 0 Å². The molecule has 0 unspecified atom stereocenters. The predicted molar refractivity (Wildman–Crippen MR) is 68.4 cm³/mol. The molecular weight excluding hydrogens is 263 g/mol. The van der Waals surface area contributed by atoms with Crippen LogP contribution in [0.15, 0.2) is 29.6 Å². The number of benzene rings is 1. The Balaban J connectivity index is 2.15. The first kappa shape index (κ1) is 10.5. The molecule has 5 heteroatoms. The fraction of sp³-hybridized carbons (Fsp3) is 0.182. The van der Waals surface area contributed by atoms with Crippen molar-refractivity contribution in [3.63, 3.8) is 0 Å². The third kappa shape index (κ3) is 1.63. The lowest BCUT2D eigenvalue weighted by atomic mass is 10.1. The van der Waals surface area contributed by atoms with Gasteiger partial charge < -0.3 is 4.57 Å². The van der Waals surface area contributed by atoms with Gasteiger partial charge in [0.1, 0.15) is 0 Å². The Morgan fingerprint density at radius 1 is 1.31 bits per heavy atom. The zero-order chi connectivity index (χ0) is 11.1. The van der Waals surface area contributed by atoms with E-state index in [4.69, 9.17) is 23.2 Å². The highest BCUT2D eigenvalue weighted by molar-refractivity contribution is 7.99. The summed E-state index contributed by atoms with van der Waals surface area (Å²) in [4.78, 5) is 4.37. The third-order valence-corrected chi connectivity index (χ3v) is 4.09. The van der Waals surface area contributed by atoms with Crippen molar-refractivity contribution in [3.05, 3.63) is 34.4 Å². The van der Waals surface area contributed by atoms with Gasteiger partial charge in [0, 0.05) is 22.9 Å². The molecule has 0 atom stereocenters. The van der Waals surface area contributed by atoms with Gasteiger partial charge in [0.05, 0.1) is 16.9 Å². The summed E-state index contributed by atoms with van der Waals surface area (Å²) < 4.78 is 2.19. The van der Waals surface area contributed by atoms with E-state index < -0.39 is 0 Å². The first-order chi connectivity index (χ1) is 7.75. The highest BCUT2D eigenvalue weighted by Gasteiger charge is 2.18. The summed E-state index contributed by atoms with van der Waals surface area (Å²) in [6.07, 6.45) is 1.87. The molecule has 0 bridgehead atoms. The molecule has 82 valence electrons. The molecule has 1 aliphatic rings. The summed E-state index contributed by atoms with van der Waals surface area (Å²) >= 11 is 13.9. The zero-order valence-corrected chi connectivity index (χ0v) is 10.6. The summed E-state index contributed by atoms with van der Waals surface area (Å²) in [6.45, 7) is 0.994. The summed E-state index contributed by atoms with van der Waals surface area (Å²) in [5.41, 5.74) is 2.06. The van der Waals surface area contributed by atoms with E-state index in [0.29, 0.717) is 10.0 Å². The molecule has 0 fully saturated rings. The van der Waals surface area contributed by atoms with Gasteiger partial charge in [0.2, 0.25) is 0 Å². The molecule has 0 saturated heterocycles. The number of rotatable bonds is 1. The van der Waals surface area contributed by atoms with Gasteiger partial charge in [-0.1, -0.05) is 35.0 Å². The van der Waals surface area contributed by atoms with Crippen LogP contribution in [0.1, 0.15) is 0 Å². The monoisotopic (exact) mass is 270 g/mol. The molecule has 2 heterocycles. The number of nitrogens with zero attached hydrogens (tertiary/aromatic N) is 2. The molecule has 0 aliphatic carbocycles. The van der Waals surface area contributed by atoms with E-state index in [1.807, 2.05) is 18.3 Å². The van der Waals surface area contributed by atoms with Crippen molar-refractivity contribution >= 4 is 35.0 Å². The second-order valence-corrected chi connectivity index (χ2v) is 5.46. The number of imidazole rings is 1. The van der Waals surface area contributed by atoms with Gasteiger partial charge in [-0.25, -0.2) is 4.98 Å². The van der Waals surface area contributed by atoms with Crippen molar-refractivity contribution in [2.75, 3.05) is 5.75 Å². The van der Waals surface area contributed by atoms with Gasteiger partial charge in [0.15, 0.2) is 5.16 Å². The Labute approximate surface area is 108 Å². The van der Waals surface area contributed by atoms with E-state index in [1.165, 1.54) is 0 Å². The maximum atomic E-state index is 6.19. The van der Waals surface area contributed by atoms with E-state index in [0.717, 1.165) is 28.7 Å². The summed E-state index contributed by atoms with van der Waals surface area (Å²) in [5, 5.41) is 2.40. The molecule has 0 amide bonds. The van der Waals surface area contributed by atoms with E-state index in [1.54, 1.807) is 17.8 Å². The van der Waals surface area contributed by atoms with E-state index in [-0.39, 0.29) is 0 Å². The molecule has 0 spiro atoms. The van der Waals surface area contributed by atoms with Crippen LogP contribution < -0.4 is 0 Å². The molecule has 1 aliphatic heterocycles. The molecule has 0 radical (unpaired) electrons. The molecular formula is C11H8Cl2N2S. The van der Waals surface area contributed by atoms with E-state index >= 15 is 0 Å². The number of halogens is 2. The molecule has 1 aromatic carbocycles. The van der Waals surface area contributed by atoms with Gasteiger partial charge in [-0.2, -0.15) is 0 Å². The van der Waals surface area contributed by atoms with Crippen LogP contribution in [0.5, 0.6) is 0 Å². The Hall–Kier alpha value is -0.640. The molecule has 16 heavy (non-hydrogen) atoms. The maximum absolute atomic E-state index is 6.19. The first-order valence-corrected chi connectivity index (χ1v) is 6.63. The van der Waals surface area contributed by atoms with Crippen LogP contribution in [0.3, 0.4) is 0 Å². The summed E-state index contributed by atoms with van der Waals surface area (Å²) in [6, 6.07) is 5.56. The first-order valence-electron chi connectivity index (χ1n) is 4.89. The van der Waals surface area contributed by atoms with E-state index in [9.17, 15) is 0 Å². The molecule has 0 N–H and O–H groups in total. The Kier molecular flexibility index (Phi) is 2.62. The van der Waals surface area contributed by atoms with Crippen LogP contribution in [0.4, 0.5) is 0 Å². The molecule has 2 aromatic rings. The van der Waals surface area contributed by atoms with Crippen LogP contribution in [0.2, 0.25) is 10.0 Å². The van der Waals surface area contributed by atoms with Crippen molar-refractivity contribution < 1.29 is 0 Å². The number of thioether (sulfide) groups is 1. The van der Waals surface area contributed by atoms with Crippen LogP contribution >= 0.6 is 35.0 Å². The minimum absolute atomic E-state index is 0.657. The van der Waals surface area contributed by atoms with Crippen LogP contribution in [-0.2, 0) is 6.54 Å². The maximum Gasteiger partial charge on any atom is 0.168 e. The minimum Gasteiger partial charge on any atom is -0.318 e. The highest BCUT2D eigenvalue weighted by atomic mass is 35.5. The smallest absolute Gasteiger partial charge is 0.168 e. The van der Waals surface area contributed by atoms with Crippen molar-refractivity contribution in [2.45, 2.75) is 11.7 Å². The SMILES string of the molecule is Clc1ccc(-c2cnc3n2CCS3)c(Cl)c1. The minimum atomic E-state index is 0.657. The molecule has 3 rings (SSSR count). The lowest BCUT2D eigenvalue weighted by Crippen LogP contribution is -1.96. The van der Waals surface area contributed by atoms with Crippen LogP contribution in [-0.4, -0.2) is 15.3 Å². The highest BCUT2D eigenvalue weighted by Crippen LogP contribution is 2.35. The quantitative estimate of drug-likeness (QED) is 0.781. The summed E-state index contributed by atoms with van der Waals surface area (Å²) in [5.74, 6) is 1.08. The molecule has 2 nitrogen and oxygen atoms in total. The predicted octanol–water partition coefficient (Wildman–Crippen LogP) is 3.96. The van der Waals surface area contributed by atoms with Crippen molar-refractivity contribution in [1.82, 2.24) is 9.55 Å². The molecule has 1 aromatic heterocycles. The van der Waals surface area contributed by atoms with Crippen molar-refractivity contribution in [1.29, 1.82) is 0 Å².